The third-order valence-corrected chi connectivity index (χ3v) is 3.58. The quantitative estimate of drug-likeness (QED) is 0.247. The second-order valence-electron chi connectivity index (χ2n) is 5.98. The molecule has 0 aliphatic heterocycles. The van der Waals surface area contributed by atoms with E-state index in [1.165, 1.54) is 0 Å². The summed E-state index contributed by atoms with van der Waals surface area (Å²) in [5, 5.41) is 5.69. The Morgan fingerprint density at radius 2 is 1.19 bits per heavy atom. The minimum Gasteiger partial charge on any atom is -1.00 e. The maximum Gasteiger partial charge on any atom is 1.00 e. The summed E-state index contributed by atoms with van der Waals surface area (Å²) in [6, 6.07) is 0. The van der Waals surface area contributed by atoms with E-state index in [9.17, 15) is 14.4 Å². The van der Waals surface area contributed by atoms with Gasteiger partial charge < -0.3 is 23.8 Å². The third kappa shape index (κ3) is 26.5. The van der Waals surface area contributed by atoms with Crippen molar-refractivity contribution in [1.82, 2.24) is 10.6 Å². The molecule has 2 amide bonds. The zero-order chi connectivity index (χ0) is 19.3. The van der Waals surface area contributed by atoms with Crippen LogP contribution in [-0.4, -0.2) is 30.7 Å². The molecule has 6 heteroatoms. The summed E-state index contributed by atoms with van der Waals surface area (Å²) in [6.45, 7) is 10.7. The van der Waals surface area contributed by atoms with Crippen LogP contribution in [0, 0.1) is 6.92 Å². The summed E-state index contributed by atoms with van der Waals surface area (Å²) in [6.07, 6.45) is 8.99. The molecule has 0 atom stereocenters. The van der Waals surface area contributed by atoms with Crippen molar-refractivity contribution < 1.29 is 67.2 Å². The molecule has 0 aliphatic rings. The predicted octanol–water partition coefficient (Wildman–Crippen LogP) is 1.08. The second-order valence-corrected chi connectivity index (χ2v) is 5.98. The van der Waals surface area contributed by atoms with Crippen molar-refractivity contribution in [2.45, 2.75) is 91.4 Å². The van der Waals surface area contributed by atoms with Gasteiger partial charge in [0.05, 0.1) is 0 Å². The molecule has 0 rings (SSSR count). The van der Waals surface area contributed by atoms with Crippen LogP contribution < -0.4 is 62.0 Å². The Morgan fingerprint density at radius 1 is 0.731 bits per heavy atom. The van der Waals surface area contributed by atoms with Gasteiger partial charge in [-0.1, -0.05) is 39.5 Å². The number of Topliss-reactive ketones (excluding diaryl/α,β-unsaturated/α-hetero) is 1. The molecular formula is C20H40KN2O3-. The fourth-order valence-electron chi connectivity index (χ4n) is 2.20. The molecule has 0 bridgehead atoms. The first kappa shape index (κ1) is 31.0. The fourth-order valence-corrected chi connectivity index (χ4v) is 2.20. The van der Waals surface area contributed by atoms with Crippen LogP contribution in [0.15, 0.2) is 0 Å². The van der Waals surface area contributed by atoms with E-state index in [1.54, 1.807) is 6.92 Å². The minimum absolute atomic E-state index is 0. The average molecular weight is 396 g/mol. The Balaban J connectivity index is -0.000000637. The molecule has 0 radical (unpaired) electrons. The molecule has 0 fully saturated rings. The Bertz CT molecular complexity index is 356. The summed E-state index contributed by atoms with van der Waals surface area (Å²) < 4.78 is 0. The summed E-state index contributed by atoms with van der Waals surface area (Å²) in [4.78, 5) is 33.8. The fraction of sp³-hybridized carbons (Fsp3) is 0.800. The SMILES string of the molecule is CC.[CH2-]CCCNC(=O)CCCC(=O)NCCCCCCCC(C)=O.[H-].[K+]. The first-order valence-electron chi connectivity index (χ1n) is 9.88. The molecule has 26 heavy (non-hydrogen) atoms. The average Bonchev–Trinajstić information content (AvgIpc) is 2.59. The van der Waals surface area contributed by atoms with Gasteiger partial charge in [-0.2, -0.15) is 6.42 Å². The largest absolute Gasteiger partial charge is 1.00 e. The predicted molar refractivity (Wildman–Crippen MR) is 105 cm³/mol. The maximum absolute atomic E-state index is 11.6. The summed E-state index contributed by atoms with van der Waals surface area (Å²) in [7, 11) is 0. The molecule has 2 N–H and O–H groups in total. The van der Waals surface area contributed by atoms with Crippen molar-refractivity contribution in [1.29, 1.82) is 0 Å². The smallest absolute Gasteiger partial charge is 1.00 e. The van der Waals surface area contributed by atoms with Gasteiger partial charge in [-0.05, 0) is 26.2 Å². The maximum atomic E-state index is 11.6. The van der Waals surface area contributed by atoms with Crippen LogP contribution in [0.2, 0.25) is 0 Å². The Morgan fingerprint density at radius 3 is 1.69 bits per heavy atom. The number of ketones is 1. The van der Waals surface area contributed by atoms with Gasteiger partial charge in [0.1, 0.15) is 5.78 Å². The van der Waals surface area contributed by atoms with Crippen molar-refractivity contribution in [3.05, 3.63) is 6.92 Å². The van der Waals surface area contributed by atoms with E-state index in [0.717, 1.165) is 44.9 Å². The first-order chi connectivity index (χ1) is 12.1. The zero-order valence-electron chi connectivity index (χ0n) is 18.6. The van der Waals surface area contributed by atoms with Crippen LogP contribution in [0.1, 0.15) is 92.8 Å². The number of carbonyl (C=O) groups excluding carboxylic acids is 3. The summed E-state index contributed by atoms with van der Waals surface area (Å²) >= 11 is 0. The van der Waals surface area contributed by atoms with Crippen molar-refractivity contribution in [3.8, 4) is 0 Å². The van der Waals surface area contributed by atoms with Crippen LogP contribution in [0.5, 0.6) is 0 Å². The Hall–Kier alpha value is 0.246. The van der Waals surface area contributed by atoms with Crippen LogP contribution in [0.25, 0.3) is 0 Å². The Kier molecular flexibility index (Phi) is 30.1. The van der Waals surface area contributed by atoms with Crippen molar-refractivity contribution >= 4 is 17.6 Å². The molecule has 0 aromatic heterocycles. The number of hydrogen-bond donors (Lipinski definition) is 2. The molecule has 0 heterocycles. The van der Waals surface area contributed by atoms with E-state index in [-0.39, 0.29) is 70.4 Å². The van der Waals surface area contributed by atoms with E-state index in [4.69, 9.17) is 0 Å². The number of rotatable bonds is 15. The molecule has 0 aromatic carbocycles. The minimum atomic E-state index is 0. The molecule has 0 aromatic rings. The molecule has 150 valence electrons. The number of nitrogens with one attached hydrogen (secondary N) is 2. The molecule has 5 nitrogen and oxygen atoms in total. The topological polar surface area (TPSA) is 75.3 Å². The van der Waals surface area contributed by atoms with Crippen molar-refractivity contribution in [3.63, 3.8) is 0 Å². The molecule has 0 saturated carbocycles. The van der Waals surface area contributed by atoms with Crippen LogP contribution in [-0.2, 0) is 14.4 Å². The van der Waals surface area contributed by atoms with Crippen LogP contribution >= 0.6 is 0 Å². The van der Waals surface area contributed by atoms with Crippen molar-refractivity contribution in [2.24, 2.45) is 0 Å². The third-order valence-electron chi connectivity index (χ3n) is 3.58. The van der Waals surface area contributed by atoms with E-state index < -0.39 is 0 Å². The van der Waals surface area contributed by atoms with Gasteiger partial charge >= 0.3 is 51.4 Å². The number of hydrogen-bond acceptors (Lipinski definition) is 3. The number of amides is 2. The molecule has 0 saturated heterocycles. The molecule has 0 spiro atoms. The van der Waals surface area contributed by atoms with Gasteiger partial charge in [-0.15, -0.1) is 0 Å². The van der Waals surface area contributed by atoms with E-state index in [0.29, 0.717) is 38.8 Å². The van der Waals surface area contributed by atoms with Crippen LogP contribution in [0.3, 0.4) is 0 Å². The monoisotopic (exact) mass is 395 g/mol. The molecule has 0 unspecified atom stereocenters. The summed E-state index contributed by atoms with van der Waals surface area (Å²) in [5.41, 5.74) is 0. The van der Waals surface area contributed by atoms with Gasteiger partial charge in [-0.3, -0.25) is 9.59 Å². The van der Waals surface area contributed by atoms with Gasteiger partial charge in [-0.25, -0.2) is 0 Å². The first-order valence-corrected chi connectivity index (χ1v) is 9.88. The van der Waals surface area contributed by atoms with Gasteiger partial charge in [0.15, 0.2) is 0 Å². The molecule has 0 aliphatic carbocycles. The number of unbranched alkanes of at least 4 members (excludes halogenated alkanes) is 5. The summed E-state index contributed by atoms with van der Waals surface area (Å²) in [5.74, 6) is 0.289. The number of carbonyl (C=O) groups is 3. The van der Waals surface area contributed by atoms with E-state index in [2.05, 4.69) is 17.6 Å². The van der Waals surface area contributed by atoms with E-state index >= 15 is 0 Å². The van der Waals surface area contributed by atoms with Gasteiger partial charge in [0.2, 0.25) is 11.8 Å². The van der Waals surface area contributed by atoms with E-state index in [1.807, 2.05) is 13.8 Å². The normalized spacial score (nSPS) is 9.38. The standard InChI is InChI=1S/C18H33N2O3.C2H6.K.H/c1-3-4-14-19-17(22)12-10-13-18(23)20-15-9-7-5-6-8-11-16(2)21;1-2;;/h1,3-15H2,2H3,(H,19,22)(H,20,23);1-2H3;;/q-1;;+1;-1. The zero-order valence-corrected chi connectivity index (χ0v) is 20.7. The second kappa shape index (κ2) is 25.2. The van der Waals surface area contributed by atoms with Crippen LogP contribution in [0.4, 0.5) is 0 Å². The van der Waals surface area contributed by atoms with Crippen molar-refractivity contribution in [2.75, 3.05) is 13.1 Å². The molecular weight excluding hydrogens is 355 g/mol. The Labute approximate surface area is 205 Å². The van der Waals surface area contributed by atoms with Gasteiger partial charge in [0, 0.05) is 32.4 Å². The van der Waals surface area contributed by atoms with Gasteiger partial charge in [0.25, 0.3) is 0 Å².